The van der Waals surface area contributed by atoms with E-state index in [-0.39, 0.29) is 6.54 Å². The van der Waals surface area contributed by atoms with E-state index in [2.05, 4.69) is 5.32 Å². The summed E-state index contributed by atoms with van der Waals surface area (Å²) in [7, 11) is 0. The molecule has 0 saturated carbocycles. The highest BCUT2D eigenvalue weighted by atomic mass is 19.2. The number of benzene rings is 1. The van der Waals surface area contributed by atoms with Crippen LogP contribution in [0.3, 0.4) is 0 Å². The molecule has 132 valence electrons. The van der Waals surface area contributed by atoms with E-state index < -0.39 is 52.1 Å². The lowest BCUT2D eigenvalue weighted by atomic mass is 10.1. The van der Waals surface area contributed by atoms with E-state index >= 15 is 0 Å². The third kappa shape index (κ3) is 4.71. The van der Waals surface area contributed by atoms with Gasteiger partial charge in [-0.3, -0.25) is 0 Å². The third-order valence-corrected chi connectivity index (χ3v) is 2.56. The molecule has 24 heavy (non-hydrogen) atoms. The Kier molecular flexibility index (Phi) is 5.94. The fourth-order valence-corrected chi connectivity index (χ4v) is 1.62. The van der Waals surface area contributed by atoms with Gasteiger partial charge in [0.1, 0.15) is 11.2 Å². The predicted octanol–water partition coefficient (Wildman–Crippen LogP) is 3.48. The number of hydrogen-bond acceptors (Lipinski definition) is 3. The van der Waals surface area contributed by atoms with E-state index in [4.69, 9.17) is 9.84 Å². The van der Waals surface area contributed by atoms with Gasteiger partial charge in [-0.05, 0) is 20.8 Å². The first-order valence-corrected chi connectivity index (χ1v) is 6.68. The van der Waals surface area contributed by atoms with Crippen molar-refractivity contribution in [1.29, 1.82) is 0 Å². The van der Waals surface area contributed by atoms with E-state index in [0.29, 0.717) is 6.08 Å². The third-order valence-electron chi connectivity index (χ3n) is 2.56. The van der Waals surface area contributed by atoms with E-state index in [1.54, 1.807) is 20.8 Å². The number of amides is 1. The summed E-state index contributed by atoms with van der Waals surface area (Å²) in [5.41, 5.74) is -3.56. The van der Waals surface area contributed by atoms with Crippen molar-refractivity contribution in [2.75, 3.05) is 6.54 Å². The van der Waals surface area contributed by atoms with Gasteiger partial charge in [-0.15, -0.1) is 0 Å². The van der Waals surface area contributed by atoms with Crippen LogP contribution in [0.15, 0.2) is 6.08 Å². The second-order valence-electron chi connectivity index (χ2n) is 5.63. The number of rotatable bonds is 4. The monoisotopic (exact) mass is 349 g/mol. The second kappa shape index (κ2) is 7.33. The summed E-state index contributed by atoms with van der Waals surface area (Å²) in [6, 6.07) is 0. The fraction of sp³-hybridized carbons (Fsp3) is 0.333. The first-order chi connectivity index (χ1) is 11.0. The van der Waals surface area contributed by atoms with Crippen LogP contribution in [0.5, 0.6) is 0 Å². The molecule has 1 amide bonds. The number of carbonyl (C=O) groups is 2. The van der Waals surface area contributed by atoms with Gasteiger partial charge in [-0.25, -0.2) is 27.2 Å². The van der Waals surface area contributed by atoms with Crippen LogP contribution in [-0.2, 0) is 4.74 Å². The normalized spacial score (nSPS) is 11.6. The van der Waals surface area contributed by atoms with Crippen molar-refractivity contribution in [2.45, 2.75) is 26.4 Å². The Labute approximate surface area is 134 Å². The average Bonchev–Trinajstić information content (AvgIpc) is 2.42. The number of hydrogen-bond donors (Lipinski definition) is 2. The highest BCUT2D eigenvalue weighted by molar-refractivity contribution is 5.88. The van der Waals surface area contributed by atoms with Gasteiger partial charge in [-0.2, -0.15) is 0 Å². The minimum atomic E-state index is -2.13. The maximum absolute atomic E-state index is 13.7. The first kappa shape index (κ1) is 19.5. The van der Waals surface area contributed by atoms with Gasteiger partial charge in [0, 0.05) is 6.54 Å². The van der Waals surface area contributed by atoms with Crippen molar-refractivity contribution in [3.8, 4) is 0 Å². The highest BCUT2D eigenvalue weighted by Crippen LogP contribution is 2.25. The van der Waals surface area contributed by atoms with Crippen LogP contribution in [0.25, 0.3) is 6.08 Å². The molecular weight excluding hydrogens is 334 g/mol. The fourth-order valence-electron chi connectivity index (χ4n) is 1.62. The Morgan fingerprint density at radius 2 is 1.58 bits per heavy atom. The van der Waals surface area contributed by atoms with Crippen LogP contribution in [0, 0.1) is 23.3 Å². The van der Waals surface area contributed by atoms with Gasteiger partial charge >= 0.3 is 12.1 Å². The summed E-state index contributed by atoms with van der Waals surface area (Å²) in [6.45, 7) is 4.64. The lowest BCUT2D eigenvalue weighted by Crippen LogP contribution is -2.32. The van der Waals surface area contributed by atoms with Gasteiger partial charge in [0.25, 0.3) is 0 Å². The summed E-state index contributed by atoms with van der Waals surface area (Å²) < 4.78 is 59.2. The van der Waals surface area contributed by atoms with E-state index in [9.17, 15) is 27.2 Å². The molecule has 0 spiro atoms. The quantitative estimate of drug-likeness (QED) is 0.645. The molecule has 2 N–H and O–H groups in total. The maximum atomic E-state index is 13.7. The van der Waals surface area contributed by atoms with Gasteiger partial charge in [0.05, 0.1) is 5.56 Å². The molecule has 0 bridgehead atoms. The molecule has 0 atom stereocenters. The van der Waals surface area contributed by atoms with Crippen LogP contribution >= 0.6 is 0 Å². The number of carboxylic acid groups (broad SMARTS) is 1. The number of nitrogens with one attached hydrogen (secondary N) is 1. The molecule has 0 aliphatic heterocycles. The summed E-state index contributed by atoms with van der Waals surface area (Å²) in [5, 5.41) is 10.8. The van der Waals surface area contributed by atoms with Crippen molar-refractivity contribution >= 4 is 18.1 Å². The summed E-state index contributed by atoms with van der Waals surface area (Å²) in [4.78, 5) is 21.9. The van der Waals surface area contributed by atoms with Gasteiger partial charge in [0.2, 0.25) is 0 Å². The molecule has 0 saturated heterocycles. The molecule has 0 unspecified atom stereocenters. The molecule has 5 nitrogen and oxygen atoms in total. The van der Waals surface area contributed by atoms with Crippen molar-refractivity contribution in [2.24, 2.45) is 0 Å². The lowest BCUT2D eigenvalue weighted by Gasteiger charge is -2.19. The predicted molar refractivity (Wildman–Crippen MR) is 76.5 cm³/mol. The van der Waals surface area contributed by atoms with Crippen LogP contribution in [0.2, 0.25) is 0 Å². The zero-order valence-electron chi connectivity index (χ0n) is 13.0. The number of carboxylic acids is 1. The number of alkyl carbamates (subject to hydrolysis) is 1. The van der Waals surface area contributed by atoms with E-state index in [0.717, 1.165) is 6.08 Å². The number of aromatic carboxylic acids is 1. The molecule has 9 heteroatoms. The zero-order valence-corrected chi connectivity index (χ0v) is 13.0. The Morgan fingerprint density at radius 3 is 2.00 bits per heavy atom. The van der Waals surface area contributed by atoms with E-state index in [1.807, 2.05) is 0 Å². The van der Waals surface area contributed by atoms with Crippen molar-refractivity contribution < 1.29 is 37.0 Å². The molecule has 0 radical (unpaired) electrons. The van der Waals surface area contributed by atoms with Crippen molar-refractivity contribution in [1.82, 2.24) is 5.32 Å². The van der Waals surface area contributed by atoms with Crippen molar-refractivity contribution in [3.05, 3.63) is 40.5 Å². The molecule has 1 aromatic rings. The molecule has 0 fully saturated rings. The highest BCUT2D eigenvalue weighted by Gasteiger charge is 2.28. The van der Waals surface area contributed by atoms with E-state index in [1.165, 1.54) is 0 Å². The largest absolute Gasteiger partial charge is 0.477 e. The van der Waals surface area contributed by atoms with Crippen LogP contribution < -0.4 is 5.32 Å². The minimum Gasteiger partial charge on any atom is -0.477 e. The Bertz CT molecular complexity index is 667. The number of ether oxygens (including phenoxy) is 1. The zero-order chi connectivity index (χ0) is 18.7. The standard InChI is InChI=1S/C15H15F4NO4/c1-15(2,3)24-14(23)20-6-4-5-7-9(16)11(18)8(13(21)22)12(19)10(7)17/h4-5H,6H2,1-3H3,(H,20,23)(H,21,22). The first-order valence-electron chi connectivity index (χ1n) is 6.68. The molecule has 0 heterocycles. The van der Waals surface area contributed by atoms with Gasteiger partial charge < -0.3 is 15.2 Å². The summed E-state index contributed by atoms with van der Waals surface area (Å²) in [6.07, 6.45) is 0.900. The molecular formula is C15H15F4NO4. The molecule has 1 aromatic carbocycles. The Morgan fingerprint density at radius 1 is 1.08 bits per heavy atom. The topological polar surface area (TPSA) is 75.6 Å². The molecule has 0 aliphatic carbocycles. The second-order valence-corrected chi connectivity index (χ2v) is 5.63. The lowest BCUT2D eigenvalue weighted by molar-refractivity contribution is 0.0533. The molecule has 0 aromatic heterocycles. The van der Waals surface area contributed by atoms with Gasteiger partial charge in [0.15, 0.2) is 23.3 Å². The van der Waals surface area contributed by atoms with Gasteiger partial charge in [-0.1, -0.05) is 12.2 Å². The molecule has 1 rings (SSSR count). The van der Waals surface area contributed by atoms with Crippen LogP contribution in [-0.4, -0.2) is 29.3 Å². The number of halogens is 4. The number of carbonyl (C=O) groups excluding carboxylic acids is 1. The average molecular weight is 349 g/mol. The minimum absolute atomic E-state index is 0.238. The summed E-state index contributed by atoms with van der Waals surface area (Å²) >= 11 is 0. The Balaban J connectivity index is 2.93. The molecule has 0 aliphatic rings. The Hall–Kier alpha value is -2.58. The van der Waals surface area contributed by atoms with Crippen LogP contribution in [0.1, 0.15) is 36.7 Å². The summed E-state index contributed by atoms with van der Waals surface area (Å²) in [5.74, 6) is -9.85. The van der Waals surface area contributed by atoms with Crippen LogP contribution in [0.4, 0.5) is 22.4 Å². The smallest absolute Gasteiger partial charge is 0.407 e. The maximum Gasteiger partial charge on any atom is 0.407 e. The SMILES string of the molecule is CC(C)(C)OC(=O)NCC=Cc1c(F)c(F)c(C(=O)O)c(F)c1F. The van der Waals surface area contributed by atoms with Crippen molar-refractivity contribution in [3.63, 3.8) is 0 Å².